The van der Waals surface area contributed by atoms with Crippen molar-refractivity contribution in [1.82, 2.24) is 5.32 Å². The SMILES string of the molecule is CNCC1=C(c2csc3cc(F)ccc23)C2CCC(C1)C2. The van der Waals surface area contributed by atoms with Crippen LogP contribution in [0.1, 0.15) is 31.2 Å². The molecule has 2 unspecified atom stereocenters. The molecule has 0 amide bonds. The zero-order chi connectivity index (χ0) is 14.4. The van der Waals surface area contributed by atoms with Crippen molar-refractivity contribution in [2.45, 2.75) is 25.7 Å². The molecule has 2 aliphatic rings. The van der Waals surface area contributed by atoms with Crippen molar-refractivity contribution < 1.29 is 4.39 Å². The molecule has 4 rings (SSSR count). The molecular formula is C18H20FNS. The third-order valence-corrected chi connectivity index (χ3v) is 6.03. The minimum Gasteiger partial charge on any atom is -0.316 e. The van der Waals surface area contributed by atoms with Crippen LogP contribution in [0.4, 0.5) is 4.39 Å². The number of allylic oxidation sites excluding steroid dienone is 1. The molecule has 1 aromatic heterocycles. The standard InChI is InChI=1S/C18H20FNS/c1-20-9-13-7-11-2-3-12(6-11)18(13)16-10-21-17-8-14(19)4-5-15(16)17/h4-5,8,10-12,20H,2-3,6-7,9H2,1H3. The van der Waals surface area contributed by atoms with Crippen LogP contribution in [0.3, 0.4) is 0 Å². The van der Waals surface area contributed by atoms with Crippen LogP contribution in [0.25, 0.3) is 15.7 Å². The summed E-state index contributed by atoms with van der Waals surface area (Å²) in [5.41, 5.74) is 4.52. The maximum Gasteiger partial charge on any atom is 0.124 e. The van der Waals surface area contributed by atoms with E-state index in [2.05, 4.69) is 10.7 Å². The Kier molecular flexibility index (Phi) is 3.35. The third-order valence-electron chi connectivity index (χ3n) is 5.08. The molecule has 1 heterocycles. The average Bonchev–Trinajstić information content (AvgIpc) is 3.04. The second kappa shape index (κ2) is 5.22. The highest BCUT2D eigenvalue weighted by Gasteiger charge is 2.35. The highest BCUT2D eigenvalue weighted by atomic mass is 32.1. The number of benzene rings is 1. The van der Waals surface area contributed by atoms with Gasteiger partial charge in [0, 0.05) is 16.6 Å². The van der Waals surface area contributed by atoms with Crippen molar-refractivity contribution in [3.63, 3.8) is 0 Å². The molecule has 1 fully saturated rings. The lowest BCUT2D eigenvalue weighted by Crippen LogP contribution is -2.19. The maximum absolute atomic E-state index is 13.4. The van der Waals surface area contributed by atoms with Gasteiger partial charge < -0.3 is 5.32 Å². The molecule has 1 aromatic carbocycles. The first-order chi connectivity index (χ1) is 10.3. The molecule has 1 N–H and O–H groups in total. The third kappa shape index (κ3) is 2.23. The van der Waals surface area contributed by atoms with Gasteiger partial charge in [0.2, 0.25) is 0 Å². The van der Waals surface area contributed by atoms with Crippen molar-refractivity contribution in [3.05, 3.63) is 40.5 Å². The molecule has 1 nitrogen and oxygen atoms in total. The van der Waals surface area contributed by atoms with Crippen LogP contribution >= 0.6 is 11.3 Å². The monoisotopic (exact) mass is 301 g/mol. The van der Waals surface area contributed by atoms with Gasteiger partial charge in [0.25, 0.3) is 0 Å². The summed E-state index contributed by atoms with van der Waals surface area (Å²) in [4.78, 5) is 0. The number of fused-ring (bicyclic) bond motifs is 3. The van der Waals surface area contributed by atoms with Crippen molar-refractivity contribution >= 4 is 27.0 Å². The highest BCUT2D eigenvalue weighted by Crippen LogP contribution is 2.50. The summed E-state index contributed by atoms with van der Waals surface area (Å²) < 4.78 is 14.5. The summed E-state index contributed by atoms with van der Waals surface area (Å²) in [5, 5.41) is 6.82. The summed E-state index contributed by atoms with van der Waals surface area (Å²) in [5.74, 6) is 1.48. The quantitative estimate of drug-likeness (QED) is 0.856. The van der Waals surface area contributed by atoms with Gasteiger partial charge in [-0.25, -0.2) is 4.39 Å². The van der Waals surface area contributed by atoms with Crippen LogP contribution in [0.2, 0.25) is 0 Å². The summed E-state index contributed by atoms with van der Waals surface area (Å²) >= 11 is 1.67. The number of halogens is 1. The molecule has 0 spiro atoms. The number of thiophene rings is 1. The zero-order valence-corrected chi connectivity index (χ0v) is 13.1. The van der Waals surface area contributed by atoms with E-state index in [4.69, 9.17) is 0 Å². The van der Waals surface area contributed by atoms with Crippen LogP contribution in [-0.2, 0) is 0 Å². The van der Waals surface area contributed by atoms with Gasteiger partial charge in [-0.1, -0.05) is 11.6 Å². The Balaban J connectivity index is 1.88. The fourth-order valence-corrected chi connectivity index (χ4v) is 5.26. The molecule has 3 heteroatoms. The topological polar surface area (TPSA) is 12.0 Å². The first kappa shape index (κ1) is 13.5. The number of hydrogen-bond acceptors (Lipinski definition) is 2. The van der Waals surface area contributed by atoms with E-state index in [1.54, 1.807) is 34.6 Å². The minimum atomic E-state index is -0.134. The van der Waals surface area contributed by atoms with Gasteiger partial charge in [-0.05, 0) is 73.2 Å². The van der Waals surface area contributed by atoms with Gasteiger partial charge in [0.05, 0.1) is 0 Å². The van der Waals surface area contributed by atoms with Crippen LogP contribution in [-0.4, -0.2) is 13.6 Å². The number of likely N-dealkylation sites (N-methyl/N-ethyl adjacent to an activating group) is 1. The summed E-state index contributed by atoms with van der Waals surface area (Å²) in [6.07, 6.45) is 5.29. The fraction of sp³-hybridized carbons (Fsp3) is 0.444. The maximum atomic E-state index is 13.4. The van der Waals surface area contributed by atoms with Crippen LogP contribution in [0.15, 0.2) is 29.2 Å². The van der Waals surface area contributed by atoms with Gasteiger partial charge in [0.1, 0.15) is 5.82 Å². The second-order valence-corrected chi connectivity index (χ2v) is 7.33. The molecule has 110 valence electrons. The summed E-state index contributed by atoms with van der Waals surface area (Å²) in [6.45, 7) is 0.987. The molecule has 0 saturated heterocycles. The second-order valence-electron chi connectivity index (χ2n) is 6.42. The van der Waals surface area contributed by atoms with Crippen molar-refractivity contribution in [2.24, 2.45) is 11.8 Å². The molecule has 0 aliphatic heterocycles. The molecule has 2 atom stereocenters. The smallest absolute Gasteiger partial charge is 0.124 e. The van der Waals surface area contributed by atoms with E-state index in [9.17, 15) is 4.39 Å². The van der Waals surface area contributed by atoms with E-state index < -0.39 is 0 Å². The minimum absolute atomic E-state index is 0.134. The number of hydrogen-bond donors (Lipinski definition) is 1. The predicted octanol–water partition coefficient (Wildman–Crippen LogP) is 4.83. The average molecular weight is 301 g/mol. The Morgan fingerprint density at radius 2 is 2.24 bits per heavy atom. The largest absolute Gasteiger partial charge is 0.316 e. The van der Waals surface area contributed by atoms with Gasteiger partial charge in [-0.15, -0.1) is 11.3 Å². The normalized spacial score (nSPS) is 25.0. The lowest BCUT2D eigenvalue weighted by atomic mass is 9.79. The molecule has 1 saturated carbocycles. The van der Waals surface area contributed by atoms with Crippen LogP contribution in [0.5, 0.6) is 0 Å². The van der Waals surface area contributed by atoms with Crippen molar-refractivity contribution in [2.75, 3.05) is 13.6 Å². The Hall–Kier alpha value is -1.19. The van der Waals surface area contributed by atoms with Gasteiger partial charge >= 0.3 is 0 Å². The lowest BCUT2D eigenvalue weighted by Gasteiger charge is -2.26. The Labute approximate surface area is 128 Å². The van der Waals surface area contributed by atoms with Gasteiger partial charge in [-0.2, -0.15) is 0 Å². The summed E-state index contributed by atoms with van der Waals surface area (Å²) in [6, 6.07) is 5.22. The molecule has 21 heavy (non-hydrogen) atoms. The number of nitrogens with one attached hydrogen (secondary N) is 1. The molecule has 2 bridgehead atoms. The van der Waals surface area contributed by atoms with E-state index in [0.29, 0.717) is 0 Å². The molecule has 2 aliphatic carbocycles. The van der Waals surface area contributed by atoms with E-state index in [1.165, 1.54) is 36.6 Å². The first-order valence-corrected chi connectivity index (χ1v) is 8.68. The van der Waals surface area contributed by atoms with E-state index in [0.717, 1.165) is 23.1 Å². The van der Waals surface area contributed by atoms with Crippen LogP contribution < -0.4 is 5.32 Å². The number of rotatable bonds is 3. The Morgan fingerprint density at radius 1 is 1.33 bits per heavy atom. The fourth-order valence-electron chi connectivity index (χ4n) is 4.27. The van der Waals surface area contributed by atoms with Crippen molar-refractivity contribution in [1.29, 1.82) is 0 Å². The molecule has 0 radical (unpaired) electrons. The van der Waals surface area contributed by atoms with Crippen LogP contribution in [0, 0.1) is 17.7 Å². The highest BCUT2D eigenvalue weighted by molar-refractivity contribution is 7.17. The lowest BCUT2D eigenvalue weighted by molar-refractivity contribution is 0.503. The van der Waals surface area contributed by atoms with Gasteiger partial charge in [0.15, 0.2) is 0 Å². The first-order valence-electron chi connectivity index (χ1n) is 7.80. The van der Waals surface area contributed by atoms with E-state index >= 15 is 0 Å². The van der Waals surface area contributed by atoms with Crippen molar-refractivity contribution in [3.8, 4) is 0 Å². The Bertz CT molecular complexity index is 715. The van der Waals surface area contributed by atoms with E-state index in [-0.39, 0.29) is 5.82 Å². The van der Waals surface area contributed by atoms with Gasteiger partial charge in [-0.3, -0.25) is 0 Å². The molecular weight excluding hydrogens is 281 g/mol. The van der Waals surface area contributed by atoms with E-state index in [1.807, 2.05) is 13.1 Å². The molecule has 2 aromatic rings. The zero-order valence-electron chi connectivity index (χ0n) is 12.3. The summed E-state index contributed by atoms with van der Waals surface area (Å²) in [7, 11) is 2.03. The Morgan fingerprint density at radius 3 is 3.10 bits per heavy atom. The predicted molar refractivity (Wildman–Crippen MR) is 88.1 cm³/mol.